The molecule has 0 bridgehead atoms. The Labute approximate surface area is 164 Å². The van der Waals surface area contributed by atoms with Crippen LogP contribution in [0.1, 0.15) is 57.3 Å². The number of halogens is 1. The first-order chi connectivity index (χ1) is 13.2. The van der Waals surface area contributed by atoms with E-state index in [2.05, 4.69) is 32.7 Å². The Morgan fingerprint density at radius 1 is 1.15 bits per heavy atom. The zero-order valence-electron chi connectivity index (χ0n) is 15.8. The smallest absolute Gasteiger partial charge is 0.195 e. The lowest BCUT2D eigenvalue weighted by atomic mass is 10.1. The van der Waals surface area contributed by atoms with Crippen molar-refractivity contribution in [3.8, 4) is 11.8 Å². The second-order valence-corrected chi connectivity index (χ2v) is 7.95. The van der Waals surface area contributed by atoms with Crippen LogP contribution >= 0.6 is 11.8 Å². The van der Waals surface area contributed by atoms with Crippen LogP contribution in [-0.2, 0) is 0 Å². The topological polar surface area (TPSA) is 57.7 Å². The Morgan fingerprint density at radius 2 is 1.89 bits per heavy atom. The minimum absolute atomic E-state index is 0.163. The van der Waals surface area contributed by atoms with Crippen molar-refractivity contribution in [3.05, 3.63) is 35.9 Å². The average Bonchev–Trinajstić information content (AvgIpc) is 3.12. The van der Waals surface area contributed by atoms with Crippen molar-refractivity contribution < 1.29 is 4.39 Å². The molecule has 1 saturated heterocycles. The van der Waals surface area contributed by atoms with Gasteiger partial charge < -0.3 is 0 Å². The fraction of sp³-hybridized carbons (Fsp3) is 0.550. The van der Waals surface area contributed by atoms with Crippen LogP contribution in [0.5, 0.6) is 0 Å². The first-order valence-corrected chi connectivity index (χ1v) is 10.6. The monoisotopic (exact) mass is 387 g/mol. The van der Waals surface area contributed by atoms with Gasteiger partial charge in [-0.25, -0.2) is 4.39 Å². The number of likely N-dealkylation sites (tertiary alicyclic amines) is 1. The van der Waals surface area contributed by atoms with Crippen molar-refractivity contribution in [1.82, 2.24) is 19.7 Å². The highest BCUT2D eigenvalue weighted by Gasteiger charge is 2.25. The van der Waals surface area contributed by atoms with E-state index in [9.17, 15) is 4.39 Å². The van der Waals surface area contributed by atoms with Crippen LogP contribution in [0.15, 0.2) is 29.4 Å². The second kappa shape index (κ2) is 9.86. The molecule has 1 aliphatic rings. The molecular formula is C20H26FN5S. The molecule has 0 radical (unpaired) electrons. The molecule has 0 aliphatic carbocycles. The van der Waals surface area contributed by atoms with E-state index in [4.69, 9.17) is 5.26 Å². The van der Waals surface area contributed by atoms with E-state index in [1.165, 1.54) is 31.4 Å². The summed E-state index contributed by atoms with van der Waals surface area (Å²) in [6.07, 6.45) is 6.17. The van der Waals surface area contributed by atoms with Crippen molar-refractivity contribution >= 4 is 11.8 Å². The van der Waals surface area contributed by atoms with Crippen LogP contribution in [0.25, 0.3) is 5.69 Å². The van der Waals surface area contributed by atoms with Crippen molar-refractivity contribution in [2.75, 3.05) is 18.8 Å². The Bertz CT molecular complexity index is 762. The molecule has 2 heterocycles. The quantitative estimate of drug-likeness (QED) is 0.484. The van der Waals surface area contributed by atoms with E-state index in [0.717, 1.165) is 48.4 Å². The van der Waals surface area contributed by atoms with Crippen LogP contribution in [0.3, 0.4) is 0 Å². The van der Waals surface area contributed by atoms with E-state index in [-0.39, 0.29) is 11.9 Å². The SMILES string of the molecule is C[C@H](c1nnc(SCCCCC#N)n1-c1ccc(F)cc1)N1CCCCC1. The van der Waals surface area contributed by atoms with Gasteiger partial charge >= 0.3 is 0 Å². The molecule has 0 N–H and O–H groups in total. The number of unbranched alkanes of at least 4 members (excludes halogenated alkanes) is 2. The number of hydrogen-bond acceptors (Lipinski definition) is 5. The third kappa shape index (κ3) is 5.08. The second-order valence-electron chi connectivity index (χ2n) is 6.89. The molecule has 1 fully saturated rings. The highest BCUT2D eigenvalue weighted by atomic mass is 32.2. The van der Waals surface area contributed by atoms with Crippen LogP contribution in [0.2, 0.25) is 0 Å². The van der Waals surface area contributed by atoms with Crippen LogP contribution in [-0.4, -0.2) is 38.5 Å². The first-order valence-electron chi connectivity index (χ1n) is 9.66. The molecule has 0 saturated carbocycles. The normalized spacial score (nSPS) is 16.2. The van der Waals surface area contributed by atoms with Gasteiger partial charge in [0, 0.05) is 17.9 Å². The highest BCUT2D eigenvalue weighted by molar-refractivity contribution is 7.99. The van der Waals surface area contributed by atoms with E-state index in [1.807, 2.05) is 0 Å². The number of benzene rings is 1. The van der Waals surface area contributed by atoms with Crippen molar-refractivity contribution in [2.45, 2.75) is 56.6 Å². The molecule has 0 unspecified atom stereocenters. The summed E-state index contributed by atoms with van der Waals surface area (Å²) in [5.74, 6) is 1.55. The number of aromatic nitrogens is 3. The van der Waals surface area contributed by atoms with Gasteiger partial charge in [-0.05, 0) is 70.0 Å². The Morgan fingerprint density at radius 3 is 2.59 bits per heavy atom. The van der Waals surface area contributed by atoms with Gasteiger partial charge in [-0.1, -0.05) is 18.2 Å². The van der Waals surface area contributed by atoms with Gasteiger partial charge in [0.25, 0.3) is 0 Å². The van der Waals surface area contributed by atoms with E-state index in [0.29, 0.717) is 6.42 Å². The average molecular weight is 388 g/mol. The maximum absolute atomic E-state index is 13.4. The van der Waals surface area contributed by atoms with Crippen LogP contribution in [0, 0.1) is 17.1 Å². The summed E-state index contributed by atoms with van der Waals surface area (Å²) in [6, 6.07) is 8.87. The summed E-state index contributed by atoms with van der Waals surface area (Å²) in [5.41, 5.74) is 0.889. The number of thioether (sulfide) groups is 1. The zero-order chi connectivity index (χ0) is 19.1. The zero-order valence-corrected chi connectivity index (χ0v) is 16.6. The number of piperidine rings is 1. The van der Waals surface area contributed by atoms with E-state index in [1.54, 1.807) is 23.9 Å². The highest BCUT2D eigenvalue weighted by Crippen LogP contribution is 2.29. The third-order valence-electron chi connectivity index (χ3n) is 4.97. The maximum Gasteiger partial charge on any atom is 0.195 e. The summed E-state index contributed by atoms with van der Waals surface area (Å²) in [7, 11) is 0. The first kappa shape index (κ1) is 19.8. The maximum atomic E-state index is 13.4. The molecule has 0 amide bonds. The van der Waals surface area contributed by atoms with E-state index < -0.39 is 0 Å². The lowest BCUT2D eigenvalue weighted by Crippen LogP contribution is -2.33. The lowest BCUT2D eigenvalue weighted by Gasteiger charge is -2.31. The fourth-order valence-electron chi connectivity index (χ4n) is 3.42. The molecule has 144 valence electrons. The van der Waals surface area contributed by atoms with Gasteiger partial charge in [-0.2, -0.15) is 5.26 Å². The largest absolute Gasteiger partial charge is 0.294 e. The van der Waals surface area contributed by atoms with Crippen molar-refractivity contribution in [2.24, 2.45) is 0 Å². The summed E-state index contributed by atoms with van der Waals surface area (Å²) < 4.78 is 15.5. The van der Waals surface area contributed by atoms with Gasteiger partial charge in [0.05, 0.1) is 12.1 Å². The minimum atomic E-state index is -0.247. The van der Waals surface area contributed by atoms with Crippen molar-refractivity contribution in [1.29, 1.82) is 5.26 Å². The molecule has 1 aromatic heterocycles. The molecule has 3 rings (SSSR count). The molecule has 1 aliphatic heterocycles. The van der Waals surface area contributed by atoms with Crippen molar-refractivity contribution in [3.63, 3.8) is 0 Å². The van der Waals surface area contributed by atoms with E-state index >= 15 is 0 Å². The molecule has 2 aromatic rings. The summed E-state index contributed by atoms with van der Waals surface area (Å²) >= 11 is 1.65. The Balaban J connectivity index is 1.83. The minimum Gasteiger partial charge on any atom is -0.294 e. The number of nitriles is 1. The summed E-state index contributed by atoms with van der Waals surface area (Å²) in [5, 5.41) is 18.4. The third-order valence-corrected chi connectivity index (χ3v) is 5.98. The van der Waals surface area contributed by atoms with Gasteiger partial charge in [0.2, 0.25) is 0 Å². The molecule has 5 nitrogen and oxygen atoms in total. The predicted octanol–water partition coefficient (Wildman–Crippen LogP) is 4.74. The van der Waals surface area contributed by atoms with Crippen LogP contribution < -0.4 is 0 Å². The van der Waals surface area contributed by atoms with Gasteiger partial charge in [0.15, 0.2) is 11.0 Å². The summed E-state index contributed by atoms with van der Waals surface area (Å²) in [4.78, 5) is 2.45. The predicted molar refractivity (Wildman–Crippen MR) is 105 cm³/mol. The Hall–Kier alpha value is -1.91. The molecule has 1 aromatic carbocycles. The molecule has 1 atom stereocenters. The molecule has 7 heteroatoms. The van der Waals surface area contributed by atoms with Gasteiger partial charge in [-0.15, -0.1) is 10.2 Å². The summed E-state index contributed by atoms with van der Waals surface area (Å²) in [6.45, 7) is 4.33. The number of rotatable bonds is 8. The lowest BCUT2D eigenvalue weighted by molar-refractivity contribution is 0.167. The van der Waals surface area contributed by atoms with Gasteiger partial charge in [0.1, 0.15) is 5.82 Å². The number of nitrogens with zero attached hydrogens (tertiary/aromatic N) is 5. The fourth-order valence-corrected chi connectivity index (χ4v) is 4.37. The molecular weight excluding hydrogens is 361 g/mol. The number of hydrogen-bond donors (Lipinski definition) is 0. The Kier molecular flexibility index (Phi) is 7.25. The van der Waals surface area contributed by atoms with Gasteiger partial charge in [-0.3, -0.25) is 9.47 Å². The standard InChI is InChI=1S/C20H26FN5S/c1-16(25-13-5-3-6-14-25)19-23-24-20(27-15-7-2-4-12-22)26(19)18-10-8-17(21)9-11-18/h8-11,16H,2-7,13-15H2,1H3/t16-/m1/s1. The molecule has 0 spiro atoms. The van der Waals surface area contributed by atoms with Crippen LogP contribution in [0.4, 0.5) is 4.39 Å². The molecule has 27 heavy (non-hydrogen) atoms.